The SMILES string of the molecule is N#Cc1ccc(S(=O)(=O)[C@H]2CN(C(=O)O)C[C@@]2(O)CO)cc1. The molecule has 8 nitrogen and oxygen atoms in total. The van der Waals surface area contributed by atoms with Crippen molar-refractivity contribution in [1.29, 1.82) is 5.26 Å². The lowest BCUT2D eigenvalue weighted by atomic mass is 10.1. The van der Waals surface area contributed by atoms with Gasteiger partial charge in [0, 0.05) is 6.54 Å². The van der Waals surface area contributed by atoms with Crippen molar-refractivity contribution in [3.63, 3.8) is 0 Å². The van der Waals surface area contributed by atoms with Gasteiger partial charge in [-0.3, -0.25) is 0 Å². The molecule has 1 saturated heterocycles. The first-order valence-electron chi connectivity index (χ1n) is 6.30. The van der Waals surface area contributed by atoms with Crippen LogP contribution in [0.25, 0.3) is 0 Å². The van der Waals surface area contributed by atoms with Crippen LogP contribution in [0.3, 0.4) is 0 Å². The number of likely N-dealkylation sites (tertiary alicyclic amines) is 1. The highest BCUT2D eigenvalue weighted by atomic mass is 32.2. The quantitative estimate of drug-likeness (QED) is 0.675. The normalized spacial score (nSPS) is 25.0. The van der Waals surface area contributed by atoms with Crippen LogP contribution in [0.5, 0.6) is 0 Å². The molecule has 3 N–H and O–H groups in total. The number of carbonyl (C=O) groups is 1. The van der Waals surface area contributed by atoms with Crippen molar-refractivity contribution < 1.29 is 28.5 Å². The van der Waals surface area contributed by atoms with Gasteiger partial charge in [0.2, 0.25) is 0 Å². The molecule has 118 valence electrons. The Balaban J connectivity index is 2.42. The molecule has 0 saturated carbocycles. The van der Waals surface area contributed by atoms with E-state index in [-0.39, 0.29) is 10.5 Å². The Morgan fingerprint density at radius 3 is 2.45 bits per heavy atom. The van der Waals surface area contributed by atoms with Crippen LogP contribution >= 0.6 is 0 Å². The van der Waals surface area contributed by atoms with Crippen LogP contribution in [-0.2, 0) is 9.84 Å². The van der Waals surface area contributed by atoms with Gasteiger partial charge in [0.15, 0.2) is 9.84 Å². The number of nitriles is 1. The van der Waals surface area contributed by atoms with Gasteiger partial charge in [0.05, 0.1) is 29.7 Å². The van der Waals surface area contributed by atoms with Crippen molar-refractivity contribution in [1.82, 2.24) is 4.90 Å². The van der Waals surface area contributed by atoms with E-state index in [1.54, 1.807) is 0 Å². The molecule has 1 aliphatic heterocycles. The van der Waals surface area contributed by atoms with E-state index in [1.165, 1.54) is 24.3 Å². The molecule has 0 radical (unpaired) electrons. The minimum Gasteiger partial charge on any atom is -0.465 e. The molecule has 0 aromatic heterocycles. The molecule has 1 aromatic rings. The third-order valence-corrected chi connectivity index (χ3v) is 5.95. The number of β-amino-alcohol motifs (C(OH)–C–C–N with tert-alkyl or cyclic N) is 1. The van der Waals surface area contributed by atoms with Gasteiger partial charge in [-0.25, -0.2) is 13.2 Å². The number of hydrogen-bond acceptors (Lipinski definition) is 6. The average Bonchev–Trinajstić information content (AvgIpc) is 2.87. The molecule has 1 fully saturated rings. The molecular weight excluding hydrogens is 312 g/mol. The lowest BCUT2D eigenvalue weighted by Crippen LogP contribution is -2.49. The van der Waals surface area contributed by atoms with E-state index in [1.807, 2.05) is 6.07 Å². The van der Waals surface area contributed by atoms with E-state index in [4.69, 9.17) is 10.4 Å². The van der Waals surface area contributed by atoms with Crippen LogP contribution in [0.2, 0.25) is 0 Å². The smallest absolute Gasteiger partial charge is 0.407 e. The summed E-state index contributed by atoms with van der Waals surface area (Å²) in [4.78, 5) is 11.6. The third-order valence-electron chi connectivity index (χ3n) is 3.68. The fourth-order valence-electron chi connectivity index (χ4n) is 2.43. The summed E-state index contributed by atoms with van der Waals surface area (Å²) in [6.45, 7) is -1.80. The monoisotopic (exact) mass is 326 g/mol. The number of hydrogen-bond donors (Lipinski definition) is 3. The van der Waals surface area contributed by atoms with Gasteiger partial charge >= 0.3 is 6.09 Å². The van der Waals surface area contributed by atoms with Crippen LogP contribution in [-0.4, -0.2) is 65.3 Å². The maximum absolute atomic E-state index is 12.6. The van der Waals surface area contributed by atoms with Gasteiger partial charge < -0.3 is 20.2 Å². The molecule has 1 amide bonds. The number of nitrogens with zero attached hydrogens (tertiary/aromatic N) is 2. The minimum atomic E-state index is -4.07. The second-order valence-electron chi connectivity index (χ2n) is 5.09. The summed E-state index contributed by atoms with van der Waals surface area (Å²) in [5, 5.41) is 35.8. The van der Waals surface area contributed by atoms with Gasteiger partial charge in [0.1, 0.15) is 10.9 Å². The van der Waals surface area contributed by atoms with Gasteiger partial charge in [-0.15, -0.1) is 0 Å². The van der Waals surface area contributed by atoms with Gasteiger partial charge in [0.25, 0.3) is 0 Å². The van der Waals surface area contributed by atoms with Gasteiger partial charge in [-0.05, 0) is 24.3 Å². The first kappa shape index (κ1) is 16.2. The molecule has 0 aliphatic carbocycles. The highest BCUT2D eigenvalue weighted by Crippen LogP contribution is 2.31. The van der Waals surface area contributed by atoms with Crippen LogP contribution in [0.15, 0.2) is 29.2 Å². The fourth-order valence-corrected chi connectivity index (χ4v) is 4.38. The Morgan fingerprint density at radius 2 is 2.00 bits per heavy atom. The highest BCUT2D eigenvalue weighted by molar-refractivity contribution is 7.92. The summed E-state index contributed by atoms with van der Waals surface area (Å²) in [5.41, 5.74) is -1.79. The Kier molecular flexibility index (Phi) is 4.10. The van der Waals surface area contributed by atoms with Crippen molar-refractivity contribution in [2.45, 2.75) is 15.7 Å². The van der Waals surface area contributed by atoms with Crippen LogP contribution < -0.4 is 0 Å². The predicted octanol–water partition coefficient (Wildman–Crippen LogP) is -0.582. The summed E-state index contributed by atoms with van der Waals surface area (Å²) in [6.07, 6.45) is -1.37. The van der Waals surface area contributed by atoms with Crippen LogP contribution in [0.1, 0.15) is 5.56 Å². The summed E-state index contributed by atoms with van der Waals surface area (Å²) >= 11 is 0. The standard InChI is InChI=1S/C13H14N2O6S/c14-5-9-1-3-10(4-2-9)22(20,21)11-6-15(12(17)18)7-13(11,19)8-16/h1-4,11,16,19H,6-8H2,(H,17,18)/t11-,13+/m0/s1. The molecule has 2 atom stereocenters. The second-order valence-corrected chi connectivity index (χ2v) is 7.23. The lowest BCUT2D eigenvalue weighted by molar-refractivity contribution is -0.00218. The number of rotatable bonds is 3. The Bertz CT molecular complexity index is 724. The molecule has 2 rings (SSSR count). The summed E-state index contributed by atoms with van der Waals surface area (Å²) < 4.78 is 25.2. The zero-order chi connectivity index (χ0) is 16.5. The van der Waals surface area contributed by atoms with Crippen molar-refractivity contribution in [3.8, 4) is 6.07 Å². The zero-order valence-electron chi connectivity index (χ0n) is 11.4. The molecule has 0 spiro atoms. The molecule has 0 bridgehead atoms. The number of amides is 1. The minimum absolute atomic E-state index is 0.143. The second kappa shape index (κ2) is 5.57. The zero-order valence-corrected chi connectivity index (χ0v) is 12.2. The van der Waals surface area contributed by atoms with E-state index in [9.17, 15) is 23.4 Å². The Labute approximate surface area is 126 Å². The number of sulfone groups is 1. The van der Waals surface area contributed by atoms with Gasteiger partial charge in [-0.2, -0.15) is 5.26 Å². The highest BCUT2D eigenvalue weighted by Gasteiger charge is 2.53. The molecule has 9 heteroatoms. The van der Waals surface area contributed by atoms with E-state index in [2.05, 4.69) is 0 Å². The first-order chi connectivity index (χ1) is 10.2. The summed E-state index contributed by atoms with van der Waals surface area (Å²) in [5.74, 6) is 0. The summed E-state index contributed by atoms with van der Waals surface area (Å²) in [7, 11) is -4.07. The first-order valence-corrected chi connectivity index (χ1v) is 7.84. The van der Waals surface area contributed by atoms with Crippen LogP contribution in [0, 0.1) is 11.3 Å². The Morgan fingerprint density at radius 1 is 1.41 bits per heavy atom. The van der Waals surface area contributed by atoms with E-state index < -0.39 is 46.5 Å². The number of benzene rings is 1. The van der Waals surface area contributed by atoms with E-state index in [0.29, 0.717) is 0 Å². The fraction of sp³-hybridized carbons (Fsp3) is 0.385. The predicted molar refractivity (Wildman–Crippen MR) is 73.8 cm³/mol. The van der Waals surface area contributed by atoms with E-state index in [0.717, 1.165) is 4.90 Å². The molecular formula is C13H14N2O6S. The molecule has 1 aromatic carbocycles. The van der Waals surface area contributed by atoms with Crippen molar-refractivity contribution in [3.05, 3.63) is 29.8 Å². The summed E-state index contributed by atoms with van der Waals surface area (Å²) in [6, 6.07) is 6.92. The van der Waals surface area contributed by atoms with Crippen molar-refractivity contribution in [2.75, 3.05) is 19.7 Å². The topological polar surface area (TPSA) is 139 Å². The van der Waals surface area contributed by atoms with Crippen molar-refractivity contribution in [2.24, 2.45) is 0 Å². The number of carboxylic acid groups (broad SMARTS) is 1. The maximum atomic E-state index is 12.6. The maximum Gasteiger partial charge on any atom is 0.407 e. The largest absolute Gasteiger partial charge is 0.465 e. The van der Waals surface area contributed by atoms with Gasteiger partial charge in [-0.1, -0.05) is 0 Å². The molecule has 22 heavy (non-hydrogen) atoms. The van der Waals surface area contributed by atoms with Crippen LogP contribution in [0.4, 0.5) is 4.79 Å². The van der Waals surface area contributed by atoms with E-state index >= 15 is 0 Å². The molecule has 0 unspecified atom stereocenters. The molecule has 1 heterocycles. The third kappa shape index (κ3) is 2.64. The molecule has 1 aliphatic rings. The lowest BCUT2D eigenvalue weighted by Gasteiger charge is -2.26. The Hall–Kier alpha value is -2.15. The average molecular weight is 326 g/mol. The van der Waals surface area contributed by atoms with Crippen molar-refractivity contribution >= 4 is 15.9 Å². The number of aliphatic hydroxyl groups excluding tert-OH is 1. The number of aliphatic hydroxyl groups is 2.